The molecule has 1 aliphatic heterocycles. The van der Waals surface area contributed by atoms with Crippen LogP contribution in [-0.2, 0) is 0 Å². The molecule has 0 aromatic heterocycles. The van der Waals surface area contributed by atoms with E-state index in [4.69, 9.17) is 9.47 Å². The van der Waals surface area contributed by atoms with Gasteiger partial charge in [-0.15, -0.1) is 0 Å². The molecule has 1 aliphatic rings. The van der Waals surface area contributed by atoms with E-state index in [-0.39, 0.29) is 22.9 Å². The zero-order chi connectivity index (χ0) is 22.7. The Morgan fingerprint density at radius 1 is 1.00 bits per heavy atom. The van der Waals surface area contributed by atoms with E-state index in [2.05, 4.69) is 18.7 Å². The summed E-state index contributed by atoms with van der Waals surface area (Å²) in [7, 11) is 0. The van der Waals surface area contributed by atoms with Crippen LogP contribution < -0.4 is 14.4 Å². The largest absolute Gasteiger partial charge is 0.452 e. The van der Waals surface area contributed by atoms with Gasteiger partial charge in [-0.2, -0.15) is 0 Å². The van der Waals surface area contributed by atoms with Crippen LogP contribution in [0.3, 0.4) is 0 Å². The van der Waals surface area contributed by atoms with Crippen molar-refractivity contribution in [2.45, 2.75) is 13.8 Å². The highest BCUT2D eigenvalue weighted by molar-refractivity contribution is 6.14. The number of benzene rings is 3. The number of esters is 1. The summed E-state index contributed by atoms with van der Waals surface area (Å²) in [4.78, 5) is 27.2. The lowest BCUT2D eigenvalue weighted by atomic mass is 10.1. The molecule has 0 saturated heterocycles. The third-order valence-corrected chi connectivity index (χ3v) is 5.25. The topological polar surface area (TPSA) is 55.8 Å². The first kappa shape index (κ1) is 21.3. The predicted molar refractivity (Wildman–Crippen MR) is 121 cm³/mol. The number of nitrogens with zero attached hydrogens (tertiary/aromatic N) is 1. The van der Waals surface area contributed by atoms with Gasteiger partial charge in [0.25, 0.3) is 0 Å². The summed E-state index contributed by atoms with van der Waals surface area (Å²) in [5.41, 5.74) is 2.59. The Kier molecular flexibility index (Phi) is 6.03. The number of hydrogen-bond acceptors (Lipinski definition) is 5. The number of fused-ring (bicyclic) bond motifs is 1. The summed E-state index contributed by atoms with van der Waals surface area (Å²) in [6, 6.07) is 17.6. The van der Waals surface area contributed by atoms with Crippen molar-refractivity contribution < 1.29 is 23.5 Å². The van der Waals surface area contributed by atoms with Gasteiger partial charge in [0.2, 0.25) is 5.78 Å². The number of allylic oxidation sites excluding steroid dienone is 1. The Morgan fingerprint density at radius 3 is 2.34 bits per heavy atom. The van der Waals surface area contributed by atoms with E-state index in [1.165, 1.54) is 36.4 Å². The van der Waals surface area contributed by atoms with E-state index in [1.807, 2.05) is 24.3 Å². The molecule has 4 rings (SSSR count). The van der Waals surface area contributed by atoms with E-state index in [0.717, 1.165) is 24.3 Å². The maximum Gasteiger partial charge on any atom is 0.343 e. The van der Waals surface area contributed by atoms with Gasteiger partial charge >= 0.3 is 5.97 Å². The first-order valence-corrected chi connectivity index (χ1v) is 10.4. The van der Waals surface area contributed by atoms with Crippen molar-refractivity contribution in [2.24, 2.45) is 0 Å². The van der Waals surface area contributed by atoms with Gasteiger partial charge in [0.15, 0.2) is 5.76 Å². The highest BCUT2D eigenvalue weighted by atomic mass is 19.1. The van der Waals surface area contributed by atoms with E-state index in [9.17, 15) is 14.0 Å². The smallest absolute Gasteiger partial charge is 0.343 e. The molecule has 0 saturated carbocycles. The molecule has 3 aromatic carbocycles. The molecule has 0 atom stereocenters. The summed E-state index contributed by atoms with van der Waals surface area (Å²) >= 11 is 0. The molecular formula is C26H22FNO4. The molecule has 0 bridgehead atoms. The Balaban J connectivity index is 1.50. The minimum atomic E-state index is -0.627. The van der Waals surface area contributed by atoms with Crippen LogP contribution in [0.2, 0.25) is 0 Å². The lowest BCUT2D eigenvalue weighted by Gasteiger charge is -2.20. The van der Waals surface area contributed by atoms with Crippen molar-refractivity contribution in [3.63, 3.8) is 0 Å². The second-order valence-corrected chi connectivity index (χ2v) is 7.26. The number of rotatable bonds is 6. The summed E-state index contributed by atoms with van der Waals surface area (Å²) in [6.45, 7) is 6.05. The molecule has 5 nitrogen and oxygen atoms in total. The summed E-state index contributed by atoms with van der Waals surface area (Å²) in [5.74, 6) is -0.533. The third-order valence-electron chi connectivity index (χ3n) is 5.25. The molecule has 0 spiro atoms. The van der Waals surface area contributed by atoms with Crippen LogP contribution in [0.15, 0.2) is 72.5 Å². The van der Waals surface area contributed by atoms with Crippen LogP contribution in [0.1, 0.15) is 40.1 Å². The van der Waals surface area contributed by atoms with Crippen molar-refractivity contribution in [1.29, 1.82) is 0 Å². The fraction of sp³-hybridized carbons (Fsp3) is 0.154. The van der Waals surface area contributed by atoms with Crippen molar-refractivity contribution in [3.05, 3.63) is 95.0 Å². The Morgan fingerprint density at radius 2 is 1.69 bits per heavy atom. The highest BCUT2D eigenvalue weighted by Gasteiger charge is 2.28. The Bertz CT molecular complexity index is 1180. The summed E-state index contributed by atoms with van der Waals surface area (Å²) < 4.78 is 24.1. The third kappa shape index (κ3) is 4.39. The van der Waals surface area contributed by atoms with Gasteiger partial charge in [-0.3, -0.25) is 4.79 Å². The lowest BCUT2D eigenvalue weighted by Crippen LogP contribution is -2.21. The molecule has 0 aliphatic carbocycles. The molecule has 3 aromatic rings. The molecule has 32 heavy (non-hydrogen) atoms. The van der Waals surface area contributed by atoms with Gasteiger partial charge in [-0.05, 0) is 74.0 Å². The molecule has 0 radical (unpaired) electrons. The number of ketones is 1. The molecule has 0 amide bonds. The molecule has 1 heterocycles. The first-order valence-electron chi connectivity index (χ1n) is 10.4. The minimum Gasteiger partial charge on any atom is -0.452 e. The number of ether oxygens (including phenoxy) is 2. The number of carbonyl (C=O) groups excluding carboxylic acids is 2. The number of anilines is 1. The monoisotopic (exact) mass is 431 g/mol. The summed E-state index contributed by atoms with van der Waals surface area (Å²) in [5, 5.41) is 0. The van der Waals surface area contributed by atoms with E-state index in [1.54, 1.807) is 12.1 Å². The lowest BCUT2D eigenvalue weighted by molar-refractivity contribution is 0.0734. The van der Waals surface area contributed by atoms with Crippen LogP contribution in [0.25, 0.3) is 6.08 Å². The van der Waals surface area contributed by atoms with Gasteiger partial charge in [-0.1, -0.05) is 12.1 Å². The van der Waals surface area contributed by atoms with Gasteiger partial charge in [-0.25, -0.2) is 9.18 Å². The predicted octanol–water partition coefficient (Wildman–Crippen LogP) is 5.51. The summed E-state index contributed by atoms with van der Waals surface area (Å²) in [6.07, 6.45) is 1.69. The second-order valence-electron chi connectivity index (χ2n) is 7.26. The Labute approximate surface area is 185 Å². The van der Waals surface area contributed by atoms with Gasteiger partial charge in [0.05, 0.1) is 11.1 Å². The zero-order valence-electron chi connectivity index (χ0n) is 17.8. The number of carbonyl (C=O) groups is 2. The van der Waals surface area contributed by atoms with Gasteiger partial charge < -0.3 is 14.4 Å². The first-order chi connectivity index (χ1) is 15.5. The van der Waals surface area contributed by atoms with E-state index >= 15 is 0 Å². The maximum absolute atomic E-state index is 13.0. The van der Waals surface area contributed by atoms with Gasteiger partial charge in [0.1, 0.15) is 17.3 Å². The zero-order valence-corrected chi connectivity index (χ0v) is 17.8. The standard InChI is InChI=1S/C26H22FNO4/c1-3-28(4-2)20-11-5-17(6-12-20)15-24-25(29)22-14-13-21(16-23(22)32-24)31-26(30)18-7-9-19(27)10-8-18/h5-16H,3-4H2,1-2H3/b24-15-. The SMILES string of the molecule is CCN(CC)c1ccc(/C=C2\Oc3cc(OC(=O)c4ccc(F)cc4)ccc3C2=O)cc1. The Hall–Kier alpha value is -3.93. The molecule has 0 N–H and O–H groups in total. The minimum absolute atomic E-state index is 0.206. The number of halogens is 1. The van der Waals surface area contributed by atoms with Gasteiger partial charge in [0, 0.05) is 24.8 Å². The molecular weight excluding hydrogens is 409 g/mol. The van der Waals surface area contributed by atoms with Crippen LogP contribution in [-0.4, -0.2) is 24.8 Å². The average Bonchev–Trinajstić information content (AvgIpc) is 3.10. The maximum atomic E-state index is 13.0. The fourth-order valence-corrected chi connectivity index (χ4v) is 3.50. The number of Topliss-reactive ketones (excluding diaryl/α,β-unsaturated/α-hetero) is 1. The molecule has 162 valence electrons. The quantitative estimate of drug-likeness (QED) is 0.293. The molecule has 0 unspecified atom stereocenters. The van der Waals surface area contributed by atoms with Crippen LogP contribution in [0, 0.1) is 5.82 Å². The molecule has 0 fully saturated rings. The van der Waals surface area contributed by atoms with Crippen molar-refractivity contribution in [2.75, 3.05) is 18.0 Å². The van der Waals surface area contributed by atoms with E-state index in [0.29, 0.717) is 11.3 Å². The van der Waals surface area contributed by atoms with Crippen LogP contribution in [0.5, 0.6) is 11.5 Å². The van der Waals surface area contributed by atoms with Crippen molar-refractivity contribution >= 4 is 23.5 Å². The van der Waals surface area contributed by atoms with Crippen molar-refractivity contribution in [1.82, 2.24) is 0 Å². The normalized spacial score (nSPS) is 13.6. The van der Waals surface area contributed by atoms with E-state index < -0.39 is 11.8 Å². The average molecular weight is 431 g/mol. The van der Waals surface area contributed by atoms with Crippen LogP contribution in [0.4, 0.5) is 10.1 Å². The fourth-order valence-electron chi connectivity index (χ4n) is 3.50. The second kappa shape index (κ2) is 9.06. The van der Waals surface area contributed by atoms with Crippen molar-refractivity contribution in [3.8, 4) is 11.5 Å². The highest BCUT2D eigenvalue weighted by Crippen LogP contribution is 2.35. The number of hydrogen-bond donors (Lipinski definition) is 0. The molecule has 6 heteroatoms. The van der Waals surface area contributed by atoms with Crippen LogP contribution >= 0.6 is 0 Å².